The van der Waals surface area contributed by atoms with Gasteiger partial charge in [-0.05, 0) is 24.3 Å². The fourth-order valence-corrected chi connectivity index (χ4v) is 2.14. The van der Waals surface area contributed by atoms with Gasteiger partial charge >= 0.3 is 5.91 Å². The lowest BCUT2D eigenvalue weighted by molar-refractivity contribution is 0.0930. The number of benzene rings is 2. The minimum Gasteiger partial charge on any atom is -0.486 e. The van der Waals surface area contributed by atoms with Crippen molar-refractivity contribution in [2.24, 2.45) is 0 Å². The molecule has 10 heteroatoms. The van der Waals surface area contributed by atoms with Crippen LogP contribution in [0.4, 0.5) is 27.6 Å². The Kier molecular flexibility index (Phi) is 5.48. The Bertz CT molecular complexity index is 979. The highest BCUT2D eigenvalue weighted by Gasteiger charge is 2.26. The molecular weight excluding hydrogens is 387 g/mol. The normalized spacial score (nSPS) is 10.6. The summed E-state index contributed by atoms with van der Waals surface area (Å²) >= 11 is 0. The zero-order valence-electron chi connectivity index (χ0n) is 13.9. The van der Waals surface area contributed by atoms with Crippen molar-refractivity contribution in [1.82, 2.24) is 5.43 Å². The number of furan rings is 1. The third-order valence-electron chi connectivity index (χ3n) is 3.52. The van der Waals surface area contributed by atoms with Crippen LogP contribution in [0.25, 0.3) is 0 Å². The molecule has 3 rings (SSSR count). The van der Waals surface area contributed by atoms with Gasteiger partial charge in [-0.1, -0.05) is 18.2 Å². The number of hydrogen-bond acceptors (Lipinski definition) is 4. The number of nitrogens with one attached hydrogen (secondary N) is 2. The molecule has 1 aromatic heterocycles. The number of ether oxygens (including phenoxy) is 1. The van der Waals surface area contributed by atoms with Crippen LogP contribution in [0, 0.1) is 29.1 Å². The van der Waals surface area contributed by atoms with Crippen molar-refractivity contribution in [3.8, 4) is 5.75 Å². The van der Waals surface area contributed by atoms with E-state index >= 15 is 0 Å². The minimum absolute atomic E-state index is 0.00234. The smallest absolute Gasteiger partial charge is 0.305 e. The van der Waals surface area contributed by atoms with Crippen molar-refractivity contribution in [2.75, 3.05) is 5.43 Å². The molecule has 0 bridgehead atoms. The van der Waals surface area contributed by atoms with E-state index in [0.29, 0.717) is 5.75 Å². The monoisotopic (exact) mass is 398 g/mol. The van der Waals surface area contributed by atoms with Gasteiger partial charge in [0.15, 0.2) is 29.0 Å². The number of rotatable bonds is 6. The highest BCUT2D eigenvalue weighted by molar-refractivity contribution is 5.92. The van der Waals surface area contributed by atoms with Crippen LogP contribution in [0.1, 0.15) is 16.3 Å². The van der Waals surface area contributed by atoms with Gasteiger partial charge in [-0.2, -0.15) is 0 Å². The average Bonchev–Trinajstić information content (AvgIpc) is 3.19. The Balaban J connectivity index is 1.64. The summed E-state index contributed by atoms with van der Waals surface area (Å²) in [4.78, 5) is 12.0. The van der Waals surface area contributed by atoms with E-state index in [9.17, 15) is 26.7 Å². The number of halogens is 5. The number of amides is 1. The van der Waals surface area contributed by atoms with E-state index in [-0.39, 0.29) is 18.1 Å². The van der Waals surface area contributed by atoms with Gasteiger partial charge in [0.05, 0.1) is 0 Å². The molecule has 146 valence electrons. The summed E-state index contributed by atoms with van der Waals surface area (Å²) in [6.07, 6.45) is 0. The number of para-hydroxylation sites is 1. The molecule has 1 heterocycles. The van der Waals surface area contributed by atoms with Crippen molar-refractivity contribution in [2.45, 2.75) is 6.61 Å². The maximum Gasteiger partial charge on any atom is 0.305 e. The fourth-order valence-electron chi connectivity index (χ4n) is 2.14. The van der Waals surface area contributed by atoms with Crippen molar-refractivity contribution >= 4 is 11.6 Å². The maximum atomic E-state index is 13.5. The standard InChI is InChI=1S/C18H11F5N2O3/c19-12-13(20)15(22)17(16(23)14(12)21)24-25-18(26)11-7-6-10(28-11)8-27-9-4-2-1-3-5-9/h1-7,24H,8H2,(H,25,26). The molecular formula is C18H11F5N2O3. The second kappa shape index (κ2) is 7.99. The van der Waals surface area contributed by atoms with E-state index < -0.39 is 40.7 Å². The quantitative estimate of drug-likeness (QED) is 0.281. The second-order valence-corrected chi connectivity index (χ2v) is 5.39. The zero-order valence-corrected chi connectivity index (χ0v) is 13.9. The van der Waals surface area contributed by atoms with Gasteiger partial charge in [-0.25, -0.2) is 22.0 Å². The zero-order chi connectivity index (χ0) is 20.3. The van der Waals surface area contributed by atoms with Crippen LogP contribution in [-0.4, -0.2) is 5.91 Å². The van der Waals surface area contributed by atoms with Gasteiger partial charge in [0, 0.05) is 0 Å². The van der Waals surface area contributed by atoms with Gasteiger partial charge in [-0.15, -0.1) is 0 Å². The number of hydrogen-bond donors (Lipinski definition) is 2. The lowest BCUT2D eigenvalue weighted by atomic mass is 10.2. The van der Waals surface area contributed by atoms with Crippen LogP contribution in [-0.2, 0) is 6.61 Å². The number of carbonyl (C=O) groups is 1. The summed E-state index contributed by atoms with van der Waals surface area (Å²) in [7, 11) is 0. The minimum atomic E-state index is -2.30. The highest BCUT2D eigenvalue weighted by atomic mass is 19.2. The average molecular weight is 398 g/mol. The molecule has 0 fully saturated rings. The van der Waals surface area contributed by atoms with E-state index in [4.69, 9.17) is 9.15 Å². The van der Waals surface area contributed by atoms with Crippen molar-refractivity contribution in [3.05, 3.63) is 83.1 Å². The molecule has 5 nitrogen and oxygen atoms in total. The fraction of sp³-hybridized carbons (Fsp3) is 0.0556. The van der Waals surface area contributed by atoms with Crippen LogP contribution in [0.3, 0.4) is 0 Å². The molecule has 0 aliphatic heterocycles. The molecule has 28 heavy (non-hydrogen) atoms. The molecule has 2 aromatic carbocycles. The SMILES string of the molecule is O=C(NNc1c(F)c(F)c(F)c(F)c1F)c1ccc(COc2ccccc2)o1. The Morgan fingerprint density at radius 2 is 1.46 bits per heavy atom. The molecule has 0 aliphatic rings. The predicted octanol–water partition coefficient (Wildman–Crippen LogP) is 4.31. The molecule has 0 aliphatic carbocycles. The van der Waals surface area contributed by atoms with E-state index in [1.54, 1.807) is 41.2 Å². The van der Waals surface area contributed by atoms with E-state index in [1.807, 2.05) is 0 Å². The van der Waals surface area contributed by atoms with Crippen LogP contribution >= 0.6 is 0 Å². The molecule has 0 spiro atoms. The van der Waals surface area contributed by atoms with E-state index in [1.165, 1.54) is 12.1 Å². The predicted molar refractivity (Wildman–Crippen MR) is 86.8 cm³/mol. The molecule has 1 amide bonds. The topological polar surface area (TPSA) is 63.5 Å². The molecule has 0 atom stereocenters. The molecule has 0 saturated heterocycles. The van der Waals surface area contributed by atoms with Crippen LogP contribution in [0.2, 0.25) is 0 Å². The first kappa shape index (κ1) is 19.2. The summed E-state index contributed by atoms with van der Waals surface area (Å²) in [5, 5.41) is 0. The number of carbonyl (C=O) groups excluding carboxylic acids is 1. The largest absolute Gasteiger partial charge is 0.486 e. The van der Waals surface area contributed by atoms with Crippen LogP contribution in [0.5, 0.6) is 5.75 Å². The summed E-state index contributed by atoms with van der Waals surface area (Å²) in [6.45, 7) is 0.00234. The first-order chi connectivity index (χ1) is 13.4. The summed E-state index contributed by atoms with van der Waals surface area (Å²) in [5.41, 5.74) is 2.07. The Morgan fingerprint density at radius 3 is 2.11 bits per heavy atom. The Hall–Kier alpha value is -3.56. The molecule has 0 radical (unpaired) electrons. The van der Waals surface area contributed by atoms with Gasteiger partial charge in [0.2, 0.25) is 5.82 Å². The van der Waals surface area contributed by atoms with Gasteiger partial charge in [0.1, 0.15) is 23.8 Å². The molecule has 0 saturated carbocycles. The van der Waals surface area contributed by atoms with Crippen molar-refractivity contribution in [1.29, 1.82) is 0 Å². The van der Waals surface area contributed by atoms with Crippen LogP contribution in [0.15, 0.2) is 46.9 Å². The number of anilines is 1. The highest BCUT2D eigenvalue weighted by Crippen LogP contribution is 2.26. The Morgan fingerprint density at radius 1 is 0.857 bits per heavy atom. The maximum absolute atomic E-state index is 13.5. The van der Waals surface area contributed by atoms with E-state index in [0.717, 1.165) is 0 Å². The molecule has 2 N–H and O–H groups in total. The van der Waals surface area contributed by atoms with Crippen molar-refractivity contribution < 1.29 is 35.9 Å². The van der Waals surface area contributed by atoms with Gasteiger partial charge in [-0.3, -0.25) is 15.6 Å². The van der Waals surface area contributed by atoms with Crippen molar-refractivity contribution in [3.63, 3.8) is 0 Å². The Labute approximate surface area is 154 Å². The third kappa shape index (κ3) is 3.90. The first-order valence-corrected chi connectivity index (χ1v) is 7.73. The second-order valence-electron chi connectivity index (χ2n) is 5.39. The lowest BCUT2D eigenvalue weighted by Gasteiger charge is -2.11. The molecule has 0 unspecified atom stereocenters. The lowest BCUT2D eigenvalue weighted by Crippen LogP contribution is -2.30. The summed E-state index contributed by atoms with van der Waals surface area (Å²) in [5.74, 6) is -11.3. The summed E-state index contributed by atoms with van der Waals surface area (Å²) in [6, 6.07) is 11.4. The molecule has 3 aromatic rings. The first-order valence-electron chi connectivity index (χ1n) is 7.73. The van der Waals surface area contributed by atoms with E-state index in [2.05, 4.69) is 0 Å². The third-order valence-corrected chi connectivity index (χ3v) is 3.52. The van der Waals surface area contributed by atoms with Gasteiger partial charge < -0.3 is 9.15 Å². The summed E-state index contributed by atoms with van der Waals surface area (Å²) < 4.78 is 77.0. The number of hydrazine groups is 1. The van der Waals surface area contributed by atoms with Crippen LogP contribution < -0.4 is 15.6 Å². The van der Waals surface area contributed by atoms with Gasteiger partial charge in [0.25, 0.3) is 0 Å².